The Labute approximate surface area is 207 Å². The van der Waals surface area contributed by atoms with E-state index in [9.17, 15) is 10.2 Å². The summed E-state index contributed by atoms with van der Waals surface area (Å²) < 4.78 is 10.6. The molecule has 33 heavy (non-hydrogen) atoms. The van der Waals surface area contributed by atoms with E-state index >= 15 is 0 Å². The Bertz CT molecular complexity index is 1130. The average molecular weight is 578 g/mol. The second-order valence-electron chi connectivity index (χ2n) is 7.51. The second-order valence-corrected chi connectivity index (χ2v) is 9.22. The van der Waals surface area contributed by atoms with Gasteiger partial charge in [0, 0.05) is 13.1 Å². The summed E-state index contributed by atoms with van der Waals surface area (Å²) in [7, 11) is 0. The SMILES string of the molecule is Oc1ccc(CCn2cc(COCc3cn(CCc4ccc(O)c(Br)c4)nn3)nn2)cc1Br. The van der Waals surface area contributed by atoms with E-state index in [-0.39, 0.29) is 11.5 Å². The molecule has 0 fully saturated rings. The van der Waals surface area contributed by atoms with E-state index in [4.69, 9.17) is 4.74 Å². The topological polar surface area (TPSA) is 111 Å². The first kappa shape index (κ1) is 23.4. The Morgan fingerprint density at radius 1 is 0.727 bits per heavy atom. The number of nitrogens with zero attached hydrogens (tertiary/aromatic N) is 6. The zero-order valence-corrected chi connectivity index (χ0v) is 20.8. The van der Waals surface area contributed by atoms with Crippen LogP contribution in [-0.2, 0) is 43.9 Å². The van der Waals surface area contributed by atoms with Crippen LogP contribution in [0, 0.1) is 0 Å². The highest BCUT2D eigenvalue weighted by atomic mass is 79.9. The number of halogens is 2. The number of hydrogen-bond donors (Lipinski definition) is 2. The van der Waals surface area contributed by atoms with E-state index < -0.39 is 0 Å². The first-order chi connectivity index (χ1) is 16.0. The zero-order chi connectivity index (χ0) is 23.2. The molecule has 11 heteroatoms. The quantitative estimate of drug-likeness (QED) is 0.293. The third kappa shape index (κ3) is 6.62. The highest BCUT2D eigenvalue weighted by molar-refractivity contribution is 9.10. The van der Waals surface area contributed by atoms with Gasteiger partial charge in [0.1, 0.15) is 22.9 Å². The van der Waals surface area contributed by atoms with Crippen molar-refractivity contribution >= 4 is 31.9 Å². The number of aromatic hydroxyl groups is 2. The molecule has 2 aromatic heterocycles. The molecule has 172 valence electrons. The summed E-state index contributed by atoms with van der Waals surface area (Å²) in [5, 5.41) is 35.7. The molecule has 0 spiro atoms. The van der Waals surface area contributed by atoms with Crippen LogP contribution in [0.3, 0.4) is 0 Å². The number of rotatable bonds is 10. The minimum Gasteiger partial charge on any atom is -0.507 e. The van der Waals surface area contributed by atoms with Crippen molar-refractivity contribution in [2.75, 3.05) is 0 Å². The van der Waals surface area contributed by atoms with Gasteiger partial charge >= 0.3 is 0 Å². The summed E-state index contributed by atoms with van der Waals surface area (Å²) in [5.74, 6) is 0.453. The number of ether oxygens (including phenoxy) is 1. The van der Waals surface area contributed by atoms with E-state index in [2.05, 4.69) is 52.5 Å². The van der Waals surface area contributed by atoms with E-state index in [0.29, 0.717) is 35.2 Å². The first-order valence-corrected chi connectivity index (χ1v) is 11.9. The molecule has 2 aromatic carbocycles. The van der Waals surface area contributed by atoms with Crippen molar-refractivity contribution in [2.24, 2.45) is 0 Å². The molecule has 0 aliphatic rings. The largest absolute Gasteiger partial charge is 0.507 e. The van der Waals surface area contributed by atoms with Gasteiger partial charge in [-0.3, -0.25) is 9.36 Å². The van der Waals surface area contributed by atoms with E-state index in [1.165, 1.54) is 0 Å². The minimum absolute atomic E-state index is 0.226. The van der Waals surface area contributed by atoms with Crippen LogP contribution in [0.5, 0.6) is 11.5 Å². The van der Waals surface area contributed by atoms with Gasteiger partial charge in [-0.1, -0.05) is 22.6 Å². The third-order valence-corrected chi connectivity index (χ3v) is 6.23. The lowest BCUT2D eigenvalue weighted by atomic mass is 10.1. The van der Waals surface area contributed by atoms with Crippen molar-refractivity contribution < 1.29 is 14.9 Å². The molecule has 0 unspecified atom stereocenters. The highest BCUT2D eigenvalue weighted by Gasteiger charge is 2.06. The van der Waals surface area contributed by atoms with Gasteiger partial charge in [0.25, 0.3) is 0 Å². The Morgan fingerprint density at radius 2 is 1.18 bits per heavy atom. The van der Waals surface area contributed by atoms with Crippen molar-refractivity contribution in [3.05, 3.63) is 80.3 Å². The van der Waals surface area contributed by atoms with Gasteiger partial charge in [0.2, 0.25) is 0 Å². The van der Waals surface area contributed by atoms with Crippen LogP contribution in [0.2, 0.25) is 0 Å². The van der Waals surface area contributed by atoms with Crippen LogP contribution in [0.1, 0.15) is 22.5 Å². The summed E-state index contributed by atoms with van der Waals surface area (Å²) in [6, 6.07) is 10.9. The standard InChI is InChI=1S/C22H22Br2N6O3/c23-19-9-15(1-3-21(19)31)5-7-29-11-17(25-27-29)13-33-14-18-12-30(28-26-18)8-6-16-2-4-22(32)20(24)10-16/h1-4,9-12,31-32H,5-8,13-14H2. The molecular formula is C22H22Br2N6O3. The van der Waals surface area contributed by atoms with E-state index in [1.807, 2.05) is 36.7 Å². The molecule has 4 rings (SSSR count). The van der Waals surface area contributed by atoms with Gasteiger partial charge in [-0.05, 0) is 80.1 Å². The van der Waals surface area contributed by atoms with Gasteiger partial charge in [-0.15, -0.1) is 10.2 Å². The van der Waals surface area contributed by atoms with E-state index in [1.54, 1.807) is 21.5 Å². The third-order valence-electron chi connectivity index (χ3n) is 4.96. The molecule has 0 aliphatic heterocycles. The summed E-state index contributed by atoms with van der Waals surface area (Å²) in [4.78, 5) is 0. The molecule has 0 saturated heterocycles. The van der Waals surface area contributed by atoms with Crippen molar-refractivity contribution in [3.8, 4) is 11.5 Å². The lowest BCUT2D eigenvalue weighted by Gasteiger charge is -2.03. The summed E-state index contributed by atoms with van der Waals surface area (Å²) >= 11 is 6.65. The lowest BCUT2D eigenvalue weighted by Crippen LogP contribution is -2.02. The first-order valence-electron chi connectivity index (χ1n) is 10.3. The summed E-state index contributed by atoms with van der Waals surface area (Å²) in [5.41, 5.74) is 3.67. The van der Waals surface area contributed by atoms with Crippen molar-refractivity contribution in [2.45, 2.75) is 39.1 Å². The number of aromatic nitrogens is 6. The van der Waals surface area contributed by atoms with Gasteiger partial charge in [0.15, 0.2) is 0 Å². The van der Waals surface area contributed by atoms with Crippen molar-refractivity contribution in [1.29, 1.82) is 0 Å². The molecule has 0 bridgehead atoms. The monoisotopic (exact) mass is 576 g/mol. The number of phenols is 2. The zero-order valence-electron chi connectivity index (χ0n) is 17.6. The molecule has 0 radical (unpaired) electrons. The van der Waals surface area contributed by atoms with Crippen LogP contribution < -0.4 is 0 Å². The van der Waals surface area contributed by atoms with Gasteiger partial charge in [0.05, 0.1) is 34.6 Å². The molecule has 9 nitrogen and oxygen atoms in total. The number of phenolic OH excluding ortho intramolecular Hbond substituents is 2. The molecule has 0 atom stereocenters. The number of hydrogen-bond acceptors (Lipinski definition) is 7. The van der Waals surface area contributed by atoms with Gasteiger partial charge in [-0.25, -0.2) is 0 Å². The highest BCUT2D eigenvalue weighted by Crippen LogP contribution is 2.25. The fraction of sp³-hybridized carbons (Fsp3) is 0.273. The summed E-state index contributed by atoms with van der Waals surface area (Å²) in [6.45, 7) is 2.02. The molecule has 4 aromatic rings. The average Bonchev–Trinajstić information content (AvgIpc) is 3.45. The van der Waals surface area contributed by atoms with Gasteiger partial charge in [-0.2, -0.15) is 0 Å². The smallest absolute Gasteiger partial charge is 0.129 e. The van der Waals surface area contributed by atoms with Crippen LogP contribution in [0.15, 0.2) is 57.7 Å². The van der Waals surface area contributed by atoms with Crippen LogP contribution in [0.25, 0.3) is 0 Å². The lowest BCUT2D eigenvalue weighted by molar-refractivity contribution is 0.102. The minimum atomic E-state index is 0.226. The molecule has 0 aliphatic carbocycles. The Balaban J connectivity index is 1.20. The molecule has 2 N–H and O–H groups in total. The Morgan fingerprint density at radius 3 is 1.61 bits per heavy atom. The molecule has 0 amide bonds. The maximum Gasteiger partial charge on any atom is 0.129 e. The maximum atomic E-state index is 9.58. The van der Waals surface area contributed by atoms with Crippen LogP contribution in [-0.4, -0.2) is 40.2 Å². The normalized spacial score (nSPS) is 11.2. The van der Waals surface area contributed by atoms with Crippen LogP contribution >= 0.6 is 31.9 Å². The predicted octanol–water partition coefficient (Wildman–Crippen LogP) is 4.01. The molecule has 0 saturated carbocycles. The maximum absolute atomic E-state index is 9.58. The van der Waals surface area contributed by atoms with Crippen LogP contribution in [0.4, 0.5) is 0 Å². The van der Waals surface area contributed by atoms with E-state index in [0.717, 1.165) is 35.4 Å². The molecular weight excluding hydrogens is 556 g/mol. The summed E-state index contributed by atoms with van der Waals surface area (Å²) in [6.07, 6.45) is 5.27. The Kier molecular flexibility index (Phi) is 7.73. The van der Waals surface area contributed by atoms with Gasteiger partial charge < -0.3 is 14.9 Å². The van der Waals surface area contributed by atoms with Crippen molar-refractivity contribution in [3.63, 3.8) is 0 Å². The molecule has 2 heterocycles. The fourth-order valence-corrected chi connectivity index (χ4v) is 4.04. The Hall–Kier alpha value is -2.76. The number of benzene rings is 2. The second kappa shape index (κ2) is 10.9. The van der Waals surface area contributed by atoms with Crippen molar-refractivity contribution in [1.82, 2.24) is 30.0 Å². The predicted molar refractivity (Wildman–Crippen MR) is 128 cm³/mol. The fourth-order valence-electron chi connectivity index (χ4n) is 3.19. The number of aryl methyl sites for hydroxylation is 4.